The van der Waals surface area contributed by atoms with Gasteiger partial charge in [0, 0.05) is 25.4 Å². The summed E-state index contributed by atoms with van der Waals surface area (Å²) >= 11 is 6.93. The normalized spacial score (nSPS) is 11.7. The molecule has 0 saturated carbocycles. The van der Waals surface area contributed by atoms with Crippen molar-refractivity contribution in [2.45, 2.75) is 42.7 Å². The molecule has 5 nitrogen and oxygen atoms in total. The fourth-order valence-electron chi connectivity index (χ4n) is 1.91. The Morgan fingerprint density at radius 1 is 1.46 bits per heavy atom. The number of alkyl halides is 3. The van der Waals surface area contributed by atoms with Crippen molar-refractivity contribution in [2.75, 3.05) is 0 Å². The lowest BCUT2D eigenvalue weighted by Gasteiger charge is -2.09. The minimum absolute atomic E-state index is 0.0145. The minimum Gasteiger partial charge on any atom is -0.481 e. The highest BCUT2D eigenvalue weighted by atomic mass is 35.5. The number of aromatic nitrogens is 3. The Morgan fingerprint density at radius 3 is 2.75 bits per heavy atom. The second-order valence-electron chi connectivity index (χ2n) is 4.97. The van der Waals surface area contributed by atoms with Gasteiger partial charge >= 0.3 is 12.1 Å². The standard InChI is InChI=1S/C14H13ClF3N3O2S/c1-8-7-21(4-2-3-11(22)23)13(20-8)24-12-10(15)5-9(6-19-12)14(16,17)18/h5-7H,2-4H2,1H3,(H,22,23). The summed E-state index contributed by atoms with van der Waals surface area (Å²) in [7, 11) is 0. The van der Waals surface area contributed by atoms with Gasteiger partial charge in [-0.2, -0.15) is 13.2 Å². The van der Waals surface area contributed by atoms with E-state index in [1.807, 2.05) is 0 Å². The van der Waals surface area contributed by atoms with E-state index >= 15 is 0 Å². The molecule has 0 saturated heterocycles. The number of aryl methyl sites for hydroxylation is 2. The smallest absolute Gasteiger partial charge is 0.417 e. The number of halogens is 4. The van der Waals surface area contributed by atoms with Gasteiger partial charge in [-0.3, -0.25) is 4.79 Å². The van der Waals surface area contributed by atoms with Crippen LogP contribution in [0, 0.1) is 6.92 Å². The Balaban J connectivity index is 2.17. The quantitative estimate of drug-likeness (QED) is 0.811. The summed E-state index contributed by atoms with van der Waals surface area (Å²) in [5.41, 5.74) is -0.214. The third-order valence-electron chi connectivity index (χ3n) is 2.97. The number of rotatable bonds is 6. The van der Waals surface area contributed by atoms with Crippen LogP contribution in [0.5, 0.6) is 0 Å². The van der Waals surface area contributed by atoms with E-state index in [0.717, 1.165) is 24.0 Å². The number of hydrogen-bond donors (Lipinski definition) is 1. The fourth-order valence-corrected chi connectivity index (χ4v) is 3.08. The van der Waals surface area contributed by atoms with Crippen LogP contribution in [0.25, 0.3) is 0 Å². The Labute approximate surface area is 144 Å². The van der Waals surface area contributed by atoms with Crippen LogP contribution in [0.4, 0.5) is 13.2 Å². The van der Waals surface area contributed by atoms with Gasteiger partial charge in [-0.15, -0.1) is 0 Å². The molecule has 24 heavy (non-hydrogen) atoms. The van der Waals surface area contributed by atoms with Crippen LogP contribution in [0.3, 0.4) is 0 Å². The molecule has 0 atom stereocenters. The van der Waals surface area contributed by atoms with Gasteiger partial charge in [0.1, 0.15) is 5.03 Å². The topological polar surface area (TPSA) is 68.0 Å². The van der Waals surface area contributed by atoms with Gasteiger partial charge in [-0.05, 0) is 31.2 Å². The largest absolute Gasteiger partial charge is 0.481 e. The van der Waals surface area contributed by atoms with Crippen molar-refractivity contribution < 1.29 is 23.1 Å². The Morgan fingerprint density at radius 2 is 2.17 bits per heavy atom. The van der Waals surface area contributed by atoms with E-state index in [9.17, 15) is 18.0 Å². The maximum atomic E-state index is 12.6. The number of hydrogen-bond acceptors (Lipinski definition) is 4. The molecule has 0 amide bonds. The highest BCUT2D eigenvalue weighted by Gasteiger charge is 2.31. The average Bonchev–Trinajstić information content (AvgIpc) is 2.79. The molecule has 0 spiro atoms. The van der Waals surface area contributed by atoms with Gasteiger partial charge in [-0.1, -0.05) is 11.6 Å². The zero-order valence-corrected chi connectivity index (χ0v) is 14.0. The summed E-state index contributed by atoms with van der Waals surface area (Å²) in [5.74, 6) is -0.895. The van der Waals surface area contributed by atoms with Crippen LogP contribution in [-0.4, -0.2) is 25.6 Å². The van der Waals surface area contributed by atoms with Crippen LogP contribution in [0.1, 0.15) is 24.1 Å². The first-order valence-electron chi connectivity index (χ1n) is 6.83. The van der Waals surface area contributed by atoms with Crippen molar-refractivity contribution in [2.24, 2.45) is 0 Å². The molecule has 2 rings (SSSR count). The van der Waals surface area contributed by atoms with Crippen molar-refractivity contribution in [3.8, 4) is 0 Å². The first-order valence-corrected chi connectivity index (χ1v) is 8.02. The number of carboxylic acids is 1. The van der Waals surface area contributed by atoms with E-state index in [-0.39, 0.29) is 16.5 Å². The van der Waals surface area contributed by atoms with Gasteiger partial charge < -0.3 is 9.67 Å². The van der Waals surface area contributed by atoms with Crippen molar-refractivity contribution >= 4 is 29.3 Å². The third-order valence-corrected chi connectivity index (χ3v) is 4.40. The van der Waals surface area contributed by atoms with Crippen LogP contribution in [0.15, 0.2) is 28.6 Å². The minimum atomic E-state index is -4.51. The second-order valence-corrected chi connectivity index (χ2v) is 6.33. The molecule has 0 aromatic carbocycles. The predicted octanol–water partition coefficient (Wildman–Crippen LogP) is 4.27. The molecule has 2 heterocycles. The van der Waals surface area contributed by atoms with Crippen LogP contribution in [-0.2, 0) is 17.5 Å². The van der Waals surface area contributed by atoms with Crippen LogP contribution in [0.2, 0.25) is 5.02 Å². The van der Waals surface area contributed by atoms with Crippen molar-refractivity contribution in [3.63, 3.8) is 0 Å². The molecule has 0 fully saturated rings. The summed E-state index contributed by atoms with van der Waals surface area (Å²) in [6.45, 7) is 2.19. The van der Waals surface area contributed by atoms with Gasteiger partial charge in [0.15, 0.2) is 5.16 Å². The molecule has 0 aliphatic carbocycles. The monoisotopic (exact) mass is 379 g/mol. The van der Waals surface area contributed by atoms with Gasteiger partial charge in [-0.25, -0.2) is 9.97 Å². The van der Waals surface area contributed by atoms with Crippen molar-refractivity contribution in [1.82, 2.24) is 14.5 Å². The molecule has 0 aliphatic rings. The van der Waals surface area contributed by atoms with Crippen LogP contribution < -0.4 is 0 Å². The molecular weight excluding hydrogens is 367 g/mol. The predicted molar refractivity (Wildman–Crippen MR) is 82.2 cm³/mol. The van der Waals surface area contributed by atoms with E-state index < -0.39 is 17.7 Å². The van der Waals surface area contributed by atoms with E-state index in [4.69, 9.17) is 16.7 Å². The Hall–Kier alpha value is -1.74. The Bertz CT molecular complexity index is 749. The molecule has 10 heteroatoms. The van der Waals surface area contributed by atoms with Crippen molar-refractivity contribution in [3.05, 3.63) is 34.7 Å². The summed E-state index contributed by atoms with van der Waals surface area (Å²) in [5, 5.41) is 9.26. The second kappa shape index (κ2) is 7.43. The SMILES string of the molecule is Cc1cn(CCCC(=O)O)c(Sc2ncc(C(F)(F)F)cc2Cl)n1. The number of nitrogens with zero attached hydrogens (tertiary/aromatic N) is 3. The number of aliphatic carboxylic acids is 1. The van der Waals surface area contributed by atoms with E-state index in [1.165, 1.54) is 0 Å². The third kappa shape index (κ3) is 4.88. The lowest BCUT2D eigenvalue weighted by atomic mass is 10.3. The lowest BCUT2D eigenvalue weighted by molar-refractivity contribution is -0.138. The fraction of sp³-hybridized carbons (Fsp3) is 0.357. The molecule has 0 radical (unpaired) electrons. The van der Waals surface area contributed by atoms with E-state index in [2.05, 4.69) is 9.97 Å². The lowest BCUT2D eigenvalue weighted by Crippen LogP contribution is -2.06. The number of pyridine rings is 1. The number of imidazole rings is 1. The first-order chi connectivity index (χ1) is 11.2. The zero-order chi connectivity index (χ0) is 17.9. The molecule has 0 bridgehead atoms. The maximum absolute atomic E-state index is 12.6. The first kappa shape index (κ1) is 18.6. The van der Waals surface area contributed by atoms with Crippen molar-refractivity contribution in [1.29, 1.82) is 0 Å². The molecule has 0 unspecified atom stereocenters. The van der Waals surface area contributed by atoms with E-state index in [0.29, 0.717) is 23.8 Å². The molecular formula is C14H13ClF3N3O2S. The molecule has 0 aliphatic heterocycles. The maximum Gasteiger partial charge on any atom is 0.417 e. The van der Waals surface area contributed by atoms with Gasteiger partial charge in [0.25, 0.3) is 0 Å². The van der Waals surface area contributed by atoms with E-state index in [1.54, 1.807) is 17.7 Å². The van der Waals surface area contributed by atoms with Gasteiger partial charge in [0.05, 0.1) is 16.3 Å². The number of carbonyl (C=O) groups is 1. The highest BCUT2D eigenvalue weighted by Crippen LogP contribution is 2.36. The highest BCUT2D eigenvalue weighted by molar-refractivity contribution is 7.99. The van der Waals surface area contributed by atoms with Gasteiger partial charge in [0.2, 0.25) is 0 Å². The molecule has 130 valence electrons. The summed E-state index contributed by atoms with van der Waals surface area (Å²) in [6, 6.07) is 0.821. The summed E-state index contributed by atoms with van der Waals surface area (Å²) in [6.07, 6.45) is -1.62. The molecule has 2 aromatic rings. The average molecular weight is 380 g/mol. The summed E-state index contributed by atoms with van der Waals surface area (Å²) in [4.78, 5) is 18.6. The zero-order valence-electron chi connectivity index (χ0n) is 12.5. The summed E-state index contributed by atoms with van der Waals surface area (Å²) < 4.78 is 39.6. The molecule has 2 aromatic heterocycles. The Kier molecular flexibility index (Phi) is 5.76. The molecule has 1 N–H and O–H groups in total. The van der Waals surface area contributed by atoms with Crippen LogP contribution >= 0.6 is 23.4 Å². The number of carboxylic acid groups (broad SMARTS) is 1.